The van der Waals surface area contributed by atoms with Crippen LogP contribution in [0.5, 0.6) is 0 Å². The molecule has 0 spiro atoms. The zero-order valence-corrected chi connectivity index (χ0v) is 11.5. The van der Waals surface area contributed by atoms with Gasteiger partial charge in [-0.05, 0) is 43.9 Å². The Balaban J connectivity index is 1.60. The Labute approximate surface area is 107 Å². The standard InChI is InChI=1S/C13H22BrNO/c14-12-6-2-5-11(7-12)9-15-13(16)8-10-3-1-4-10/h10-12H,1-9H2,(H,15,16). The van der Waals surface area contributed by atoms with Crippen molar-refractivity contribution in [2.75, 3.05) is 6.54 Å². The summed E-state index contributed by atoms with van der Waals surface area (Å²) < 4.78 is 0. The molecule has 1 N–H and O–H groups in total. The fourth-order valence-electron chi connectivity index (χ4n) is 2.70. The van der Waals surface area contributed by atoms with Crippen molar-refractivity contribution >= 4 is 21.8 Å². The minimum absolute atomic E-state index is 0.279. The van der Waals surface area contributed by atoms with Crippen LogP contribution in [0.2, 0.25) is 0 Å². The number of hydrogen-bond acceptors (Lipinski definition) is 1. The molecule has 0 radical (unpaired) electrons. The van der Waals surface area contributed by atoms with Crippen LogP contribution in [0.25, 0.3) is 0 Å². The van der Waals surface area contributed by atoms with Crippen molar-refractivity contribution in [2.24, 2.45) is 11.8 Å². The molecule has 0 aromatic heterocycles. The van der Waals surface area contributed by atoms with Gasteiger partial charge in [0.15, 0.2) is 0 Å². The Hall–Kier alpha value is -0.0500. The Morgan fingerprint density at radius 2 is 1.81 bits per heavy atom. The highest BCUT2D eigenvalue weighted by atomic mass is 79.9. The molecule has 2 nitrogen and oxygen atoms in total. The van der Waals surface area contributed by atoms with Gasteiger partial charge < -0.3 is 5.32 Å². The van der Waals surface area contributed by atoms with Gasteiger partial charge in [0.1, 0.15) is 0 Å². The van der Waals surface area contributed by atoms with Crippen LogP contribution < -0.4 is 5.32 Å². The minimum Gasteiger partial charge on any atom is -0.356 e. The number of carbonyl (C=O) groups is 1. The lowest BCUT2D eigenvalue weighted by Gasteiger charge is -2.27. The van der Waals surface area contributed by atoms with Gasteiger partial charge in [-0.3, -0.25) is 4.79 Å². The second-order valence-corrected chi connectivity index (χ2v) is 6.73. The summed E-state index contributed by atoms with van der Waals surface area (Å²) in [4.78, 5) is 12.3. The number of amides is 1. The van der Waals surface area contributed by atoms with E-state index in [0.29, 0.717) is 16.7 Å². The average molecular weight is 288 g/mol. The third kappa shape index (κ3) is 3.76. The van der Waals surface area contributed by atoms with E-state index in [-0.39, 0.29) is 5.91 Å². The molecule has 3 heteroatoms. The summed E-state index contributed by atoms with van der Waals surface area (Å²) in [6, 6.07) is 0. The molecular weight excluding hydrogens is 266 g/mol. The van der Waals surface area contributed by atoms with E-state index in [2.05, 4.69) is 21.2 Å². The molecule has 0 aromatic rings. The maximum Gasteiger partial charge on any atom is 0.220 e. The van der Waals surface area contributed by atoms with Crippen LogP contribution in [0.3, 0.4) is 0 Å². The third-order valence-corrected chi connectivity index (χ3v) is 4.84. The first kappa shape index (κ1) is 12.4. The first-order valence-corrected chi connectivity index (χ1v) is 7.56. The largest absolute Gasteiger partial charge is 0.356 e. The van der Waals surface area contributed by atoms with E-state index in [4.69, 9.17) is 0 Å². The summed E-state index contributed by atoms with van der Waals surface area (Å²) in [5, 5.41) is 3.11. The fourth-order valence-corrected chi connectivity index (χ4v) is 3.55. The first-order chi connectivity index (χ1) is 7.74. The van der Waals surface area contributed by atoms with Gasteiger partial charge in [0, 0.05) is 17.8 Å². The van der Waals surface area contributed by atoms with E-state index in [1.807, 2.05) is 0 Å². The summed E-state index contributed by atoms with van der Waals surface area (Å²) in [5.74, 6) is 1.67. The normalized spacial score (nSPS) is 30.8. The highest BCUT2D eigenvalue weighted by Gasteiger charge is 2.23. The first-order valence-electron chi connectivity index (χ1n) is 6.65. The number of carbonyl (C=O) groups excluding carboxylic acids is 1. The molecule has 2 fully saturated rings. The molecule has 2 aliphatic carbocycles. The molecule has 2 rings (SSSR count). The molecule has 16 heavy (non-hydrogen) atoms. The fraction of sp³-hybridized carbons (Fsp3) is 0.923. The number of halogens is 1. The van der Waals surface area contributed by atoms with Crippen molar-refractivity contribution in [3.63, 3.8) is 0 Å². The number of rotatable bonds is 4. The van der Waals surface area contributed by atoms with Crippen LogP contribution in [0.4, 0.5) is 0 Å². The Bertz CT molecular complexity index is 240. The molecule has 2 atom stereocenters. The van der Waals surface area contributed by atoms with E-state index in [1.165, 1.54) is 44.9 Å². The van der Waals surface area contributed by atoms with Crippen LogP contribution in [0, 0.1) is 11.8 Å². The smallest absolute Gasteiger partial charge is 0.220 e. The maximum absolute atomic E-state index is 11.6. The third-order valence-electron chi connectivity index (χ3n) is 4.01. The van der Waals surface area contributed by atoms with Crippen LogP contribution in [0.15, 0.2) is 0 Å². The monoisotopic (exact) mass is 287 g/mol. The van der Waals surface area contributed by atoms with Crippen LogP contribution >= 0.6 is 15.9 Å². The van der Waals surface area contributed by atoms with Crippen molar-refractivity contribution < 1.29 is 4.79 Å². The Morgan fingerprint density at radius 3 is 2.44 bits per heavy atom. The van der Waals surface area contributed by atoms with E-state index in [0.717, 1.165) is 13.0 Å². The van der Waals surface area contributed by atoms with Gasteiger partial charge in [0.25, 0.3) is 0 Å². The second kappa shape index (κ2) is 6.04. The minimum atomic E-state index is 0.279. The predicted molar refractivity (Wildman–Crippen MR) is 69.6 cm³/mol. The number of nitrogens with one attached hydrogen (secondary N) is 1. The zero-order valence-electron chi connectivity index (χ0n) is 9.88. The molecule has 1 amide bonds. The molecule has 0 bridgehead atoms. The summed E-state index contributed by atoms with van der Waals surface area (Å²) >= 11 is 3.68. The maximum atomic E-state index is 11.6. The van der Waals surface area contributed by atoms with Crippen molar-refractivity contribution in [3.8, 4) is 0 Å². The topological polar surface area (TPSA) is 29.1 Å². The summed E-state index contributed by atoms with van der Waals surface area (Å²) in [7, 11) is 0. The number of alkyl halides is 1. The Morgan fingerprint density at radius 1 is 1.12 bits per heavy atom. The molecule has 2 unspecified atom stereocenters. The highest BCUT2D eigenvalue weighted by Crippen LogP contribution is 2.30. The SMILES string of the molecule is O=C(CC1CCC1)NCC1CCCC(Br)C1. The van der Waals surface area contributed by atoms with Crippen LogP contribution in [-0.4, -0.2) is 17.3 Å². The quantitative estimate of drug-likeness (QED) is 0.790. The van der Waals surface area contributed by atoms with E-state index in [1.54, 1.807) is 0 Å². The summed E-state index contributed by atoms with van der Waals surface area (Å²) in [5.41, 5.74) is 0. The van der Waals surface area contributed by atoms with Gasteiger partial charge in [-0.25, -0.2) is 0 Å². The van der Waals surface area contributed by atoms with Gasteiger partial charge in [-0.15, -0.1) is 0 Å². The molecule has 0 aliphatic heterocycles. The van der Waals surface area contributed by atoms with Crippen molar-refractivity contribution in [2.45, 2.75) is 56.2 Å². The molecule has 0 heterocycles. The van der Waals surface area contributed by atoms with Crippen molar-refractivity contribution in [1.29, 1.82) is 0 Å². The molecule has 2 saturated carbocycles. The molecule has 92 valence electrons. The molecule has 2 aliphatic rings. The predicted octanol–water partition coefficient (Wildman–Crippen LogP) is 3.25. The van der Waals surface area contributed by atoms with Gasteiger partial charge in [-0.1, -0.05) is 28.8 Å². The average Bonchev–Trinajstić information content (AvgIpc) is 2.21. The molecular formula is C13H22BrNO. The van der Waals surface area contributed by atoms with Gasteiger partial charge in [0.05, 0.1) is 0 Å². The lowest BCUT2D eigenvalue weighted by Crippen LogP contribution is -2.33. The zero-order chi connectivity index (χ0) is 11.4. The lowest BCUT2D eigenvalue weighted by atomic mass is 9.83. The van der Waals surface area contributed by atoms with E-state index < -0.39 is 0 Å². The van der Waals surface area contributed by atoms with Gasteiger partial charge >= 0.3 is 0 Å². The van der Waals surface area contributed by atoms with Crippen molar-refractivity contribution in [3.05, 3.63) is 0 Å². The van der Waals surface area contributed by atoms with Crippen LogP contribution in [0.1, 0.15) is 51.4 Å². The van der Waals surface area contributed by atoms with Crippen molar-refractivity contribution in [1.82, 2.24) is 5.32 Å². The van der Waals surface area contributed by atoms with E-state index in [9.17, 15) is 4.79 Å². The number of hydrogen-bond donors (Lipinski definition) is 1. The van der Waals surface area contributed by atoms with Gasteiger partial charge in [0.2, 0.25) is 5.91 Å². The Kier molecular flexibility index (Phi) is 4.68. The molecule has 0 aromatic carbocycles. The van der Waals surface area contributed by atoms with Gasteiger partial charge in [-0.2, -0.15) is 0 Å². The summed E-state index contributed by atoms with van der Waals surface area (Å²) in [6.45, 7) is 0.896. The highest BCUT2D eigenvalue weighted by molar-refractivity contribution is 9.09. The van der Waals surface area contributed by atoms with Crippen LogP contribution in [-0.2, 0) is 4.79 Å². The lowest BCUT2D eigenvalue weighted by molar-refractivity contribution is -0.122. The second-order valence-electron chi connectivity index (χ2n) is 5.44. The van der Waals surface area contributed by atoms with E-state index >= 15 is 0 Å². The summed E-state index contributed by atoms with van der Waals surface area (Å²) in [6.07, 6.45) is 9.73. The molecule has 0 saturated heterocycles.